The van der Waals surface area contributed by atoms with Crippen molar-refractivity contribution < 1.29 is 14.6 Å². The van der Waals surface area contributed by atoms with Gasteiger partial charge in [-0.1, -0.05) is 76.6 Å². The van der Waals surface area contributed by atoms with Gasteiger partial charge in [-0.25, -0.2) is 4.79 Å². The third kappa shape index (κ3) is 5.24. The summed E-state index contributed by atoms with van der Waals surface area (Å²) in [6.45, 7) is 18.9. The highest BCUT2D eigenvalue weighted by atomic mass is 16.5. The van der Waals surface area contributed by atoms with Gasteiger partial charge in [-0.2, -0.15) is 0 Å². The smallest absolute Gasteiger partial charge is 0.331 e. The lowest BCUT2D eigenvalue weighted by molar-refractivity contribution is -0.213. The average molecular weight is 575 g/mol. The highest BCUT2D eigenvalue weighted by Gasteiger charge is 2.69. The number of esters is 1. The number of fused-ring (bicyclic) bond motifs is 5. The first kappa shape index (κ1) is 31.6. The molecular formula is C39H58O3. The summed E-state index contributed by atoms with van der Waals surface area (Å²) < 4.78 is 6.20. The quantitative estimate of drug-likeness (QED) is 0.200. The fourth-order valence-corrected chi connectivity index (χ4v) is 11.4. The van der Waals surface area contributed by atoms with Crippen LogP contribution in [0.2, 0.25) is 0 Å². The van der Waals surface area contributed by atoms with E-state index in [1.54, 1.807) is 6.08 Å². The minimum atomic E-state index is -0.620. The number of rotatable bonds is 7. The predicted molar refractivity (Wildman–Crippen MR) is 174 cm³/mol. The van der Waals surface area contributed by atoms with Gasteiger partial charge in [-0.3, -0.25) is 0 Å². The van der Waals surface area contributed by atoms with Gasteiger partial charge in [-0.15, -0.1) is 0 Å². The number of ether oxygens (including phenoxy) is 1. The van der Waals surface area contributed by atoms with Crippen molar-refractivity contribution in [2.45, 2.75) is 131 Å². The number of benzene rings is 1. The van der Waals surface area contributed by atoms with Gasteiger partial charge in [0, 0.05) is 11.5 Å². The predicted octanol–water partition coefficient (Wildman–Crippen LogP) is 9.79. The van der Waals surface area contributed by atoms with Crippen LogP contribution < -0.4 is 0 Å². The number of carbonyl (C=O) groups excluding carboxylic acids is 1. The molecule has 0 amide bonds. The van der Waals surface area contributed by atoms with Crippen molar-refractivity contribution in [2.75, 3.05) is 0 Å². The Hall–Kier alpha value is -1.87. The molecule has 0 heterocycles. The number of hydrogen-bond donors (Lipinski definition) is 1. The number of aliphatic hydroxyl groups is 1. The Labute approximate surface area is 256 Å². The standard InChI is InChI=1S/C39H58O3/c1-27(2)13-12-23-39(8,41)32-21-26-37(6)30-17-18-31-35(3,4)33(42-34(40)19-16-28-14-10-9-11-15-28)22-24-36(31,5)29(30)20-25-38(32,37)7/h9-11,13-16,19,29-33,41H,12,17-18,20-26H2,1-8H3/t29-,30+,31-,32-,33-,36+,37-,38+,39-/m0/s1. The van der Waals surface area contributed by atoms with Gasteiger partial charge in [0.15, 0.2) is 0 Å². The third-order valence-corrected chi connectivity index (χ3v) is 13.8. The van der Waals surface area contributed by atoms with Crippen LogP contribution in [0.15, 0.2) is 48.1 Å². The molecule has 0 unspecified atom stereocenters. The molecule has 0 bridgehead atoms. The second-order valence-corrected chi connectivity index (χ2v) is 16.5. The molecule has 42 heavy (non-hydrogen) atoms. The lowest BCUT2D eigenvalue weighted by Gasteiger charge is -2.67. The van der Waals surface area contributed by atoms with Gasteiger partial charge >= 0.3 is 5.97 Å². The summed E-state index contributed by atoms with van der Waals surface area (Å²) >= 11 is 0. The second kappa shape index (κ2) is 11.2. The highest BCUT2D eigenvalue weighted by Crippen LogP contribution is 2.75. The summed E-state index contributed by atoms with van der Waals surface area (Å²) in [5.74, 6) is 2.11. The minimum Gasteiger partial charge on any atom is -0.459 e. The zero-order chi connectivity index (χ0) is 30.6. The van der Waals surface area contributed by atoms with E-state index in [1.165, 1.54) is 37.7 Å². The molecule has 232 valence electrons. The molecule has 3 heteroatoms. The molecule has 4 saturated carbocycles. The Bertz CT molecular complexity index is 1190. The summed E-state index contributed by atoms with van der Waals surface area (Å²) in [5, 5.41) is 11.9. The first-order valence-corrected chi connectivity index (χ1v) is 16.9. The van der Waals surface area contributed by atoms with Gasteiger partial charge in [0.2, 0.25) is 0 Å². The molecule has 1 aromatic carbocycles. The maximum atomic E-state index is 12.9. The summed E-state index contributed by atoms with van der Waals surface area (Å²) in [4.78, 5) is 12.9. The molecule has 9 atom stereocenters. The van der Waals surface area contributed by atoms with E-state index in [0.29, 0.717) is 23.7 Å². The Kier molecular flexibility index (Phi) is 8.45. The van der Waals surface area contributed by atoms with E-state index in [9.17, 15) is 9.90 Å². The molecule has 0 spiro atoms. The van der Waals surface area contributed by atoms with Gasteiger partial charge in [-0.05, 0) is 137 Å². The number of allylic oxidation sites excluding steroid dienone is 2. The largest absolute Gasteiger partial charge is 0.459 e. The molecule has 4 aliphatic carbocycles. The topological polar surface area (TPSA) is 46.5 Å². The van der Waals surface area contributed by atoms with Crippen LogP contribution in [-0.4, -0.2) is 22.8 Å². The monoisotopic (exact) mass is 574 g/mol. The molecule has 0 aliphatic heterocycles. The van der Waals surface area contributed by atoms with Crippen LogP contribution >= 0.6 is 0 Å². The maximum absolute atomic E-state index is 12.9. The average Bonchev–Trinajstić information content (AvgIpc) is 3.21. The molecule has 4 aliphatic rings. The van der Waals surface area contributed by atoms with Gasteiger partial charge in [0.05, 0.1) is 5.60 Å². The van der Waals surface area contributed by atoms with Crippen LogP contribution in [0.5, 0.6) is 0 Å². The van der Waals surface area contributed by atoms with Crippen molar-refractivity contribution >= 4 is 12.0 Å². The Balaban J connectivity index is 1.31. The molecule has 4 fully saturated rings. The number of hydrogen-bond acceptors (Lipinski definition) is 3. The van der Waals surface area contributed by atoms with Crippen molar-refractivity contribution in [1.29, 1.82) is 0 Å². The van der Waals surface area contributed by atoms with Crippen LogP contribution in [0, 0.1) is 45.3 Å². The first-order chi connectivity index (χ1) is 19.6. The SMILES string of the molecule is CC(C)=CCC[C@](C)(O)[C@H]1CC[C@@]2(C)[C@@H]3CC[C@H]4C(C)(C)[C@@H](OC(=O)C=Cc5ccccc5)CC[C@]4(C)[C@H]3CC[C@]12C. The van der Waals surface area contributed by atoms with Crippen LogP contribution in [0.3, 0.4) is 0 Å². The zero-order valence-electron chi connectivity index (χ0n) is 27.8. The molecule has 3 nitrogen and oxygen atoms in total. The fraction of sp³-hybridized carbons (Fsp3) is 0.718. The van der Waals surface area contributed by atoms with E-state index >= 15 is 0 Å². The number of carbonyl (C=O) groups is 1. The van der Waals surface area contributed by atoms with Crippen LogP contribution in [0.4, 0.5) is 0 Å². The van der Waals surface area contributed by atoms with E-state index in [1.807, 2.05) is 36.4 Å². The van der Waals surface area contributed by atoms with Crippen LogP contribution in [0.1, 0.15) is 125 Å². The Morgan fingerprint density at radius 2 is 1.62 bits per heavy atom. The lowest BCUT2D eigenvalue weighted by atomic mass is 9.38. The van der Waals surface area contributed by atoms with Crippen molar-refractivity contribution in [3.05, 3.63) is 53.6 Å². The summed E-state index contributed by atoms with van der Waals surface area (Å²) in [6, 6.07) is 9.97. The van der Waals surface area contributed by atoms with Gasteiger partial charge in [0.1, 0.15) is 6.10 Å². The molecule has 1 N–H and O–H groups in total. The molecule has 0 aromatic heterocycles. The third-order valence-electron chi connectivity index (χ3n) is 13.8. The Morgan fingerprint density at radius 1 is 0.929 bits per heavy atom. The summed E-state index contributed by atoms with van der Waals surface area (Å²) in [6.07, 6.45) is 17.0. The second-order valence-electron chi connectivity index (χ2n) is 16.5. The van der Waals surface area contributed by atoms with E-state index in [0.717, 1.165) is 37.7 Å². The van der Waals surface area contributed by atoms with Crippen LogP contribution in [-0.2, 0) is 9.53 Å². The van der Waals surface area contributed by atoms with Gasteiger partial charge < -0.3 is 9.84 Å². The minimum absolute atomic E-state index is 0.0451. The van der Waals surface area contributed by atoms with Crippen molar-refractivity contribution in [3.8, 4) is 0 Å². The first-order valence-electron chi connectivity index (χ1n) is 16.9. The molecule has 1 aromatic rings. The molecule has 5 rings (SSSR count). The van der Waals surface area contributed by atoms with Gasteiger partial charge in [0.25, 0.3) is 0 Å². The van der Waals surface area contributed by atoms with E-state index in [2.05, 4.69) is 61.5 Å². The van der Waals surface area contributed by atoms with Crippen molar-refractivity contribution in [1.82, 2.24) is 0 Å². The molecular weight excluding hydrogens is 516 g/mol. The normalized spacial score (nSPS) is 40.4. The highest BCUT2D eigenvalue weighted by molar-refractivity contribution is 5.87. The lowest BCUT2D eigenvalue weighted by Crippen LogP contribution is -2.62. The zero-order valence-corrected chi connectivity index (χ0v) is 27.8. The van der Waals surface area contributed by atoms with E-state index in [-0.39, 0.29) is 33.7 Å². The fourth-order valence-electron chi connectivity index (χ4n) is 11.4. The molecule has 0 saturated heterocycles. The summed E-state index contributed by atoms with van der Waals surface area (Å²) in [5.41, 5.74) is 2.40. The van der Waals surface area contributed by atoms with Crippen molar-refractivity contribution in [2.24, 2.45) is 45.3 Å². The molecule has 0 radical (unpaired) electrons. The Morgan fingerprint density at radius 3 is 2.31 bits per heavy atom. The van der Waals surface area contributed by atoms with Crippen LogP contribution in [0.25, 0.3) is 6.08 Å². The van der Waals surface area contributed by atoms with Crippen molar-refractivity contribution in [3.63, 3.8) is 0 Å². The van der Waals surface area contributed by atoms with E-state index in [4.69, 9.17) is 4.74 Å². The van der Waals surface area contributed by atoms with E-state index < -0.39 is 5.60 Å². The maximum Gasteiger partial charge on any atom is 0.331 e. The summed E-state index contributed by atoms with van der Waals surface area (Å²) in [7, 11) is 0.